The molecular formula is C16H12ClN3O2S2. The van der Waals surface area contributed by atoms with Crippen LogP contribution in [0.3, 0.4) is 0 Å². The van der Waals surface area contributed by atoms with Gasteiger partial charge in [-0.25, -0.2) is 0 Å². The van der Waals surface area contributed by atoms with Crippen LogP contribution in [0.25, 0.3) is 0 Å². The lowest BCUT2D eigenvalue weighted by Gasteiger charge is -2.10. The van der Waals surface area contributed by atoms with E-state index in [9.17, 15) is 4.79 Å². The normalized spacial score (nSPS) is 10.4. The van der Waals surface area contributed by atoms with E-state index in [-0.39, 0.29) is 12.5 Å². The molecule has 0 spiro atoms. The topological polar surface area (TPSA) is 64.1 Å². The average molecular weight is 378 g/mol. The van der Waals surface area contributed by atoms with E-state index >= 15 is 0 Å². The number of hydrogen-bond donors (Lipinski definition) is 1. The Hall–Kier alpha value is -2.09. The van der Waals surface area contributed by atoms with Gasteiger partial charge in [0, 0.05) is 9.92 Å². The summed E-state index contributed by atoms with van der Waals surface area (Å²) in [5.74, 6) is 0.348. The number of aromatic nitrogens is 2. The summed E-state index contributed by atoms with van der Waals surface area (Å²) < 4.78 is 6.26. The molecule has 3 rings (SSSR count). The van der Waals surface area contributed by atoms with E-state index < -0.39 is 0 Å². The highest BCUT2D eigenvalue weighted by molar-refractivity contribution is 8.01. The fourth-order valence-electron chi connectivity index (χ4n) is 1.83. The van der Waals surface area contributed by atoms with E-state index in [1.54, 1.807) is 29.8 Å². The maximum Gasteiger partial charge on any atom is 0.262 e. The SMILES string of the molecule is O=C(COc1ccc(Cl)cc1)Nc1ccccc1Sc1nncs1. The van der Waals surface area contributed by atoms with E-state index in [1.165, 1.54) is 23.1 Å². The van der Waals surface area contributed by atoms with Crippen LogP contribution in [0.15, 0.2) is 63.3 Å². The van der Waals surface area contributed by atoms with Crippen molar-refractivity contribution >= 4 is 46.3 Å². The van der Waals surface area contributed by atoms with Crippen molar-refractivity contribution in [2.24, 2.45) is 0 Å². The van der Waals surface area contributed by atoms with Gasteiger partial charge in [0.25, 0.3) is 5.91 Å². The number of ether oxygens (including phenoxy) is 1. The Bertz CT molecular complexity index is 810. The number of anilines is 1. The van der Waals surface area contributed by atoms with Gasteiger partial charge in [0.1, 0.15) is 11.3 Å². The third-order valence-electron chi connectivity index (χ3n) is 2.88. The number of carbonyl (C=O) groups is 1. The average Bonchev–Trinajstić information content (AvgIpc) is 3.09. The van der Waals surface area contributed by atoms with Gasteiger partial charge in [-0.05, 0) is 36.4 Å². The third-order valence-corrected chi connectivity index (χ3v) is 4.99. The molecule has 8 heteroatoms. The Kier molecular flexibility index (Phi) is 5.68. The van der Waals surface area contributed by atoms with E-state index in [0.29, 0.717) is 16.5 Å². The van der Waals surface area contributed by atoms with E-state index in [0.717, 1.165) is 9.24 Å². The smallest absolute Gasteiger partial charge is 0.262 e. The third kappa shape index (κ3) is 4.70. The van der Waals surface area contributed by atoms with Crippen molar-refractivity contribution in [3.8, 4) is 5.75 Å². The Morgan fingerprint density at radius 2 is 2.00 bits per heavy atom. The summed E-state index contributed by atoms with van der Waals surface area (Å²) in [4.78, 5) is 13.0. The second-order valence-electron chi connectivity index (χ2n) is 4.59. The van der Waals surface area contributed by atoms with Crippen molar-refractivity contribution in [1.29, 1.82) is 0 Å². The molecule has 1 aromatic heterocycles. The van der Waals surface area contributed by atoms with Crippen LogP contribution in [0, 0.1) is 0 Å². The number of amides is 1. The summed E-state index contributed by atoms with van der Waals surface area (Å²) >= 11 is 8.71. The number of para-hydroxylation sites is 1. The number of carbonyl (C=O) groups excluding carboxylic acids is 1. The van der Waals surface area contributed by atoms with Gasteiger partial charge in [-0.2, -0.15) is 0 Å². The molecule has 1 heterocycles. The minimum Gasteiger partial charge on any atom is -0.484 e. The van der Waals surface area contributed by atoms with E-state index in [1.807, 2.05) is 24.3 Å². The highest BCUT2D eigenvalue weighted by Gasteiger charge is 2.10. The molecule has 0 aliphatic heterocycles. The summed E-state index contributed by atoms with van der Waals surface area (Å²) in [6, 6.07) is 14.4. The zero-order valence-electron chi connectivity index (χ0n) is 12.3. The Labute approximate surface area is 152 Å². The van der Waals surface area contributed by atoms with E-state index in [4.69, 9.17) is 16.3 Å². The lowest BCUT2D eigenvalue weighted by atomic mass is 10.3. The molecule has 0 saturated heterocycles. The molecule has 0 unspecified atom stereocenters. The van der Waals surface area contributed by atoms with E-state index in [2.05, 4.69) is 15.5 Å². The molecule has 5 nitrogen and oxygen atoms in total. The maximum absolute atomic E-state index is 12.1. The van der Waals surface area contributed by atoms with Crippen LogP contribution in [0.1, 0.15) is 0 Å². The molecule has 0 bridgehead atoms. The largest absolute Gasteiger partial charge is 0.484 e. The summed E-state index contributed by atoms with van der Waals surface area (Å²) in [5.41, 5.74) is 2.38. The predicted molar refractivity (Wildman–Crippen MR) is 96.1 cm³/mol. The van der Waals surface area contributed by atoms with Gasteiger partial charge in [-0.1, -0.05) is 46.8 Å². The molecule has 1 N–H and O–H groups in total. The van der Waals surface area contributed by atoms with Crippen LogP contribution >= 0.6 is 34.7 Å². The Morgan fingerprint density at radius 3 is 2.75 bits per heavy atom. The van der Waals surface area contributed by atoms with Crippen molar-refractivity contribution in [2.75, 3.05) is 11.9 Å². The minimum atomic E-state index is -0.240. The Morgan fingerprint density at radius 1 is 1.21 bits per heavy atom. The zero-order chi connectivity index (χ0) is 16.8. The standard InChI is InChI=1S/C16H12ClN3O2S2/c17-11-5-7-12(8-6-11)22-9-15(21)19-13-3-1-2-4-14(13)24-16-20-18-10-23-16/h1-8,10H,9H2,(H,19,21). The van der Waals surface area contributed by atoms with Gasteiger partial charge in [-0.3, -0.25) is 4.79 Å². The van der Waals surface area contributed by atoms with Crippen LogP contribution in [0.5, 0.6) is 5.75 Å². The predicted octanol–water partition coefficient (Wildman–Crippen LogP) is 4.36. The minimum absolute atomic E-state index is 0.0839. The number of hydrogen-bond acceptors (Lipinski definition) is 6. The monoisotopic (exact) mass is 377 g/mol. The van der Waals surface area contributed by atoms with Crippen molar-refractivity contribution in [1.82, 2.24) is 10.2 Å². The number of halogens is 1. The quantitative estimate of drug-likeness (QED) is 0.691. The molecule has 3 aromatic rings. The van der Waals surface area contributed by atoms with Crippen molar-refractivity contribution in [2.45, 2.75) is 9.24 Å². The second kappa shape index (κ2) is 8.14. The van der Waals surface area contributed by atoms with Gasteiger partial charge >= 0.3 is 0 Å². The second-order valence-corrected chi connectivity index (χ2v) is 7.15. The highest BCUT2D eigenvalue weighted by Crippen LogP contribution is 2.33. The molecule has 24 heavy (non-hydrogen) atoms. The van der Waals surface area contributed by atoms with Gasteiger partial charge in [0.15, 0.2) is 10.9 Å². The summed E-state index contributed by atoms with van der Waals surface area (Å²) in [7, 11) is 0. The maximum atomic E-state index is 12.1. The fourth-order valence-corrected chi connectivity index (χ4v) is 3.47. The van der Waals surface area contributed by atoms with Crippen LogP contribution in [0.2, 0.25) is 5.02 Å². The van der Waals surface area contributed by atoms with Crippen molar-refractivity contribution in [3.63, 3.8) is 0 Å². The first-order valence-electron chi connectivity index (χ1n) is 6.92. The van der Waals surface area contributed by atoms with Crippen LogP contribution < -0.4 is 10.1 Å². The van der Waals surface area contributed by atoms with Gasteiger partial charge in [-0.15, -0.1) is 10.2 Å². The summed E-state index contributed by atoms with van der Waals surface area (Å²) in [6.07, 6.45) is 0. The van der Waals surface area contributed by atoms with Gasteiger partial charge < -0.3 is 10.1 Å². The highest BCUT2D eigenvalue weighted by atomic mass is 35.5. The number of benzene rings is 2. The van der Waals surface area contributed by atoms with Crippen molar-refractivity contribution in [3.05, 3.63) is 59.1 Å². The molecule has 1 amide bonds. The lowest BCUT2D eigenvalue weighted by Crippen LogP contribution is -2.20. The van der Waals surface area contributed by atoms with Crippen LogP contribution in [-0.4, -0.2) is 22.7 Å². The molecule has 2 aromatic carbocycles. The number of nitrogens with one attached hydrogen (secondary N) is 1. The Balaban J connectivity index is 1.60. The number of rotatable bonds is 6. The fraction of sp³-hybridized carbons (Fsp3) is 0.0625. The molecule has 0 fully saturated rings. The lowest BCUT2D eigenvalue weighted by molar-refractivity contribution is -0.118. The van der Waals surface area contributed by atoms with Gasteiger partial charge in [0.2, 0.25) is 0 Å². The van der Waals surface area contributed by atoms with Crippen molar-refractivity contribution < 1.29 is 9.53 Å². The molecular weight excluding hydrogens is 366 g/mol. The first-order valence-corrected chi connectivity index (χ1v) is 8.99. The molecule has 0 aliphatic rings. The van der Waals surface area contributed by atoms with Crippen LogP contribution in [-0.2, 0) is 4.79 Å². The molecule has 0 radical (unpaired) electrons. The molecule has 122 valence electrons. The zero-order valence-corrected chi connectivity index (χ0v) is 14.7. The molecule has 0 atom stereocenters. The molecule has 0 saturated carbocycles. The van der Waals surface area contributed by atoms with Gasteiger partial charge in [0.05, 0.1) is 5.69 Å². The first-order chi connectivity index (χ1) is 11.7. The first kappa shape index (κ1) is 16.8. The number of nitrogens with zero attached hydrogens (tertiary/aromatic N) is 2. The van der Waals surface area contributed by atoms with Crippen LogP contribution in [0.4, 0.5) is 5.69 Å². The summed E-state index contributed by atoms with van der Waals surface area (Å²) in [6.45, 7) is -0.0839. The summed E-state index contributed by atoms with van der Waals surface area (Å²) in [5, 5.41) is 11.3. The molecule has 0 aliphatic carbocycles.